The van der Waals surface area contributed by atoms with E-state index in [0.29, 0.717) is 19.6 Å². The van der Waals surface area contributed by atoms with Crippen LogP contribution in [0.2, 0.25) is 0 Å². The SMILES string of the molecule is O=C(NCc1cccnc1-n1ccnc1)C1CCOc2ccccc21. The van der Waals surface area contributed by atoms with Gasteiger partial charge in [-0.3, -0.25) is 9.36 Å². The summed E-state index contributed by atoms with van der Waals surface area (Å²) in [5, 5.41) is 3.04. The lowest BCUT2D eigenvalue weighted by atomic mass is 9.92. The van der Waals surface area contributed by atoms with Gasteiger partial charge in [0.05, 0.1) is 12.5 Å². The Labute approximate surface area is 145 Å². The summed E-state index contributed by atoms with van der Waals surface area (Å²) in [4.78, 5) is 21.2. The van der Waals surface area contributed by atoms with Crippen molar-refractivity contribution in [3.05, 3.63) is 72.4 Å². The summed E-state index contributed by atoms with van der Waals surface area (Å²) >= 11 is 0. The van der Waals surface area contributed by atoms with Crippen molar-refractivity contribution in [2.24, 2.45) is 0 Å². The number of benzene rings is 1. The van der Waals surface area contributed by atoms with Crippen LogP contribution in [-0.2, 0) is 11.3 Å². The van der Waals surface area contributed by atoms with E-state index in [9.17, 15) is 4.79 Å². The quantitative estimate of drug-likeness (QED) is 0.796. The first-order valence-electron chi connectivity index (χ1n) is 8.24. The Morgan fingerprint density at radius 3 is 3.04 bits per heavy atom. The fourth-order valence-electron chi connectivity index (χ4n) is 3.11. The first-order chi connectivity index (χ1) is 12.3. The van der Waals surface area contributed by atoms with Gasteiger partial charge in [-0.1, -0.05) is 24.3 Å². The topological polar surface area (TPSA) is 69.0 Å². The maximum absolute atomic E-state index is 12.7. The molecule has 0 fully saturated rings. The molecule has 0 saturated heterocycles. The molecule has 0 spiro atoms. The summed E-state index contributed by atoms with van der Waals surface area (Å²) in [5.41, 5.74) is 1.89. The molecule has 126 valence electrons. The van der Waals surface area contributed by atoms with Crippen LogP contribution in [-0.4, -0.2) is 27.0 Å². The molecule has 0 aliphatic carbocycles. The number of para-hydroxylation sites is 1. The number of hydrogen-bond donors (Lipinski definition) is 1. The molecule has 1 unspecified atom stereocenters. The number of hydrogen-bond acceptors (Lipinski definition) is 4. The zero-order valence-electron chi connectivity index (χ0n) is 13.6. The van der Waals surface area contributed by atoms with Crippen molar-refractivity contribution >= 4 is 5.91 Å². The molecule has 1 aromatic carbocycles. The molecule has 0 bridgehead atoms. The highest BCUT2D eigenvalue weighted by Crippen LogP contribution is 2.33. The van der Waals surface area contributed by atoms with Crippen LogP contribution in [0.3, 0.4) is 0 Å². The highest BCUT2D eigenvalue weighted by Gasteiger charge is 2.27. The Morgan fingerprint density at radius 2 is 2.16 bits per heavy atom. The number of pyridine rings is 1. The summed E-state index contributed by atoms with van der Waals surface area (Å²) in [7, 11) is 0. The van der Waals surface area contributed by atoms with Crippen molar-refractivity contribution in [3.8, 4) is 11.6 Å². The Bertz CT molecular complexity index is 877. The number of rotatable bonds is 4. The van der Waals surface area contributed by atoms with Crippen molar-refractivity contribution in [2.45, 2.75) is 18.9 Å². The monoisotopic (exact) mass is 334 g/mol. The van der Waals surface area contributed by atoms with E-state index in [1.807, 2.05) is 47.2 Å². The average molecular weight is 334 g/mol. The Morgan fingerprint density at radius 1 is 1.24 bits per heavy atom. The molecule has 6 nitrogen and oxygen atoms in total. The van der Waals surface area contributed by atoms with Crippen molar-refractivity contribution in [3.63, 3.8) is 0 Å². The molecule has 4 rings (SSSR count). The summed E-state index contributed by atoms with van der Waals surface area (Å²) in [6, 6.07) is 11.6. The van der Waals surface area contributed by atoms with Gasteiger partial charge in [0, 0.05) is 36.3 Å². The maximum atomic E-state index is 12.7. The van der Waals surface area contributed by atoms with Gasteiger partial charge in [0.1, 0.15) is 17.9 Å². The molecule has 25 heavy (non-hydrogen) atoms. The van der Waals surface area contributed by atoms with Crippen LogP contribution in [0.25, 0.3) is 5.82 Å². The molecule has 3 aromatic rings. The molecule has 0 radical (unpaired) electrons. The number of ether oxygens (including phenoxy) is 1. The van der Waals surface area contributed by atoms with Crippen LogP contribution in [0.1, 0.15) is 23.5 Å². The zero-order chi connectivity index (χ0) is 17.1. The molecule has 1 amide bonds. The fraction of sp³-hybridized carbons (Fsp3) is 0.211. The van der Waals surface area contributed by atoms with E-state index in [-0.39, 0.29) is 11.8 Å². The van der Waals surface area contributed by atoms with Gasteiger partial charge in [0.25, 0.3) is 0 Å². The molecule has 2 aromatic heterocycles. The van der Waals surface area contributed by atoms with E-state index in [4.69, 9.17) is 4.74 Å². The van der Waals surface area contributed by atoms with E-state index >= 15 is 0 Å². The molecular weight excluding hydrogens is 316 g/mol. The van der Waals surface area contributed by atoms with E-state index in [1.165, 1.54) is 0 Å². The highest BCUT2D eigenvalue weighted by molar-refractivity contribution is 5.84. The number of nitrogens with zero attached hydrogens (tertiary/aromatic N) is 3. The van der Waals surface area contributed by atoms with E-state index in [0.717, 1.165) is 22.7 Å². The second-order valence-electron chi connectivity index (χ2n) is 5.90. The van der Waals surface area contributed by atoms with Crippen LogP contribution in [0, 0.1) is 0 Å². The van der Waals surface area contributed by atoms with E-state index in [2.05, 4.69) is 15.3 Å². The third-order valence-electron chi connectivity index (χ3n) is 4.34. The Hall–Kier alpha value is -3.15. The van der Waals surface area contributed by atoms with Gasteiger partial charge in [0.15, 0.2) is 0 Å². The summed E-state index contributed by atoms with van der Waals surface area (Å²) in [6.07, 6.45) is 7.65. The Kier molecular flexibility index (Phi) is 4.16. The normalized spacial score (nSPS) is 15.9. The lowest BCUT2D eigenvalue weighted by Crippen LogP contribution is -2.32. The number of fused-ring (bicyclic) bond motifs is 1. The number of carbonyl (C=O) groups excluding carboxylic acids is 1. The van der Waals surface area contributed by atoms with Crippen molar-refractivity contribution in [1.29, 1.82) is 0 Å². The van der Waals surface area contributed by atoms with Crippen LogP contribution < -0.4 is 10.1 Å². The van der Waals surface area contributed by atoms with Gasteiger partial charge >= 0.3 is 0 Å². The molecule has 6 heteroatoms. The molecular formula is C19H18N4O2. The summed E-state index contributed by atoms with van der Waals surface area (Å²) < 4.78 is 7.47. The minimum atomic E-state index is -0.182. The zero-order valence-corrected chi connectivity index (χ0v) is 13.6. The second-order valence-corrected chi connectivity index (χ2v) is 5.90. The molecule has 1 N–H and O–H groups in total. The van der Waals surface area contributed by atoms with Crippen LogP contribution >= 0.6 is 0 Å². The number of carbonyl (C=O) groups is 1. The molecule has 1 aliphatic rings. The van der Waals surface area contributed by atoms with Crippen LogP contribution in [0.4, 0.5) is 0 Å². The molecule has 1 atom stereocenters. The first-order valence-corrected chi connectivity index (χ1v) is 8.24. The lowest BCUT2D eigenvalue weighted by Gasteiger charge is -2.25. The van der Waals surface area contributed by atoms with Crippen molar-refractivity contribution in [1.82, 2.24) is 19.9 Å². The first kappa shape index (κ1) is 15.4. The molecule has 0 saturated carbocycles. The van der Waals surface area contributed by atoms with Crippen LogP contribution in [0.5, 0.6) is 5.75 Å². The fourth-order valence-corrected chi connectivity index (χ4v) is 3.11. The van der Waals surface area contributed by atoms with Gasteiger partial charge in [-0.05, 0) is 18.6 Å². The van der Waals surface area contributed by atoms with E-state index in [1.54, 1.807) is 18.7 Å². The predicted molar refractivity (Wildman–Crippen MR) is 92.5 cm³/mol. The lowest BCUT2D eigenvalue weighted by molar-refractivity contribution is -0.123. The smallest absolute Gasteiger partial charge is 0.228 e. The highest BCUT2D eigenvalue weighted by atomic mass is 16.5. The predicted octanol–water partition coefficient (Wildman–Crippen LogP) is 2.45. The van der Waals surface area contributed by atoms with Gasteiger partial charge in [-0.2, -0.15) is 0 Å². The summed E-state index contributed by atoms with van der Waals surface area (Å²) in [6.45, 7) is 0.974. The standard InChI is InChI=1S/C19H18N4O2/c24-19(16-7-11-25-17-6-2-1-5-15(16)17)22-12-14-4-3-8-21-18(14)23-10-9-20-13-23/h1-6,8-10,13,16H,7,11-12H2,(H,22,24). The Balaban J connectivity index is 1.51. The van der Waals surface area contributed by atoms with Crippen molar-refractivity contribution < 1.29 is 9.53 Å². The largest absolute Gasteiger partial charge is 0.493 e. The third kappa shape index (κ3) is 3.10. The second kappa shape index (κ2) is 6.76. The number of aromatic nitrogens is 3. The number of amides is 1. The average Bonchev–Trinajstić information content (AvgIpc) is 3.20. The summed E-state index contributed by atoms with van der Waals surface area (Å²) in [5.74, 6) is 1.40. The minimum Gasteiger partial charge on any atom is -0.493 e. The van der Waals surface area contributed by atoms with Gasteiger partial charge in [-0.15, -0.1) is 0 Å². The van der Waals surface area contributed by atoms with Crippen LogP contribution in [0.15, 0.2) is 61.3 Å². The number of nitrogens with one attached hydrogen (secondary N) is 1. The third-order valence-corrected chi connectivity index (χ3v) is 4.34. The van der Waals surface area contributed by atoms with Gasteiger partial charge < -0.3 is 10.1 Å². The van der Waals surface area contributed by atoms with Gasteiger partial charge in [0.2, 0.25) is 5.91 Å². The minimum absolute atomic E-state index is 0.0104. The molecule has 3 heterocycles. The van der Waals surface area contributed by atoms with Gasteiger partial charge in [-0.25, -0.2) is 9.97 Å². The maximum Gasteiger partial charge on any atom is 0.228 e. The van der Waals surface area contributed by atoms with Crippen molar-refractivity contribution in [2.75, 3.05) is 6.61 Å². The number of imidazole rings is 1. The van der Waals surface area contributed by atoms with E-state index < -0.39 is 0 Å². The molecule has 1 aliphatic heterocycles.